The Morgan fingerprint density at radius 2 is 2.27 bits per heavy atom. The molecule has 1 fully saturated rings. The van der Waals surface area contributed by atoms with E-state index in [0.717, 1.165) is 8.95 Å². The van der Waals surface area contributed by atoms with E-state index in [1.54, 1.807) is 0 Å². The normalized spacial score (nSPS) is 21.6. The first-order valence-electron chi connectivity index (χ1n) is 4.36. The Morgan fingerprint density at radius 1 is 1.47 bits per heavy atom. The highest BCUT2D eigenvalue weighted by Crippen LogP contribution is 2.33. The molecular formula is C9H8Br2O3S. The average molecular weight is 356 g/mol. The van der Waals surface area contributed by atoms with Crippen molar-refractivity contribution >= 4 is 49.0 Å². The van der Waals surface area contributed by atoms with Crippen LogP contribution in [0.1, 0.15) is 9.67 Å². The van der Waals surface area contributed by atoms with E-state index >= 15 is 0 Å². The maximum Gasteiger partial charge on any atom is 0.205 e. The number of ether oxygens (including phenoxy) is 2. The van der Waals surface area contributed by atoms with Crippen LogP contribution < -0.4 is 0 Å². The van der Waals surface area contributed by atoms with Gasteiger partial charge in [-0.15, -0.1) is 11.3 Å². The minimum Gasteiger partial charge on any atom is -0.376 e. The third kappa shape index (κ3) is 2.50. The third-order valence-electron chi connectivity index (χ3n) is 2.02. The molecule has 0 radical (unpaired) electrons. The molecule has 1 aromatic rings. The highest BCUT2D eigenvalue weighted by Gasteiger charge is 2.27. The minimum absolute atomic E-state index is 0.0164. The van der Waals surface area contributed by atoms with E-state index in [4.69, 9.17) is 9.47 Å². The van der Waals surface area contributed by atoms with Crippen molar-refractivity contribution < 1.29 is 14.3 Å². The second-order valence-corrected chi connectivity index (χ2v) is 5.55. The van der Waals surface area contributed by atoms with Crippen molar-refractivity contribution in [2.75, 3.05) is 19.8 Å². The fourth-order valence-electron chi connectivity index (χ4n) is 1.27. The number of carbonyl (C=O) groups excluding carboxylic acids is 1. The van der Waals surface area contributed by atoms with Crippen molar-refractivity contribution in [3.8, 4) is 0 Å². The maximum atomic E-state index is 12.0. The molecule has 0 aromatic carbocycles. The lowest BCUT2D eigenvalue weighted by Gasteiger charge is -2.21. The summed E-state index contributed by atoms with van der Waals surface area (Å²) in [5.74, 6) is -0.0164. The van der Waals surface area contributed by atoms with Gasteiger partial charge in [-0.25, -0.2) is 0 Å². The quantitative estimate of drug-likeness (QED) is 0.765. The predicted molar refractivity (Wildman–Crippen MR) is 64.6 cm³/mol. The molecule has 0 saturated carbocycles. The summed E-state index contributed by atoms with van der Waals surface area (Å²) in [7, 11) is 0. The number of hydrogen-bond acceptors (Lipinski definition) is 4. The van der Waals surface area contributed by atoms with Gasteiger partial charge >= 0.3 is 0 Å². The molecule has 0 aliphatic carbocycles. The summed E-state index contributed by atoms with van der Waals surface area (Å²) in [6.07, 6.45) is -0.458. The molecule has 0 bridgehead atoms. The fourth-order valence-corrected chi connectivity index (χ4v) is 3.43. The first kappa shape index (κ1) is 11.7. The summed E-state index contributed by atoms with van der Waals surface area (Å²) in [4.78, 5) is 12.7. The van der Waals surface area contributed by atoms with Crippen LogP contribution in [0.4, 0.5) is 0 Å². The average Bonchev–Trinajstić information content (AvgIpc) is 2.60. The molecule has 15 heavy (non-hydrogen) atoms. The zero-order chi connectivity index (χ0) is 10.8. The van der Waals surface area contributed by atoms with Gasteiger partial charge in [0.1, 0.15) is 6.10 Å². The van der Waals surface area contributed by atoms with Gasteiger partial charge in [0.2, 0.25) is 5.78 Å². The van der Waals surface area contributed by atoms with E-state index in [2.05, 4.69) is 31.9 Å². The van der Waals surface area contributed by atoms with E-state index in [0.29, 0.717) is 24.7 Å². The number of rotatable bonds is 2. The van der Waals surface area contributed by atoms with Crippen LogP contribution in [0.3, 0.4) is 0 Å². The van der Waals surface area contributed by atoms with E-state index < -0.39 is 6.10 Å². The Kier molecular flexibility index (Phi) is 3.95. The number of ketones is 1. The van der Waals surface area contributed by atoms with Gasteiger partial charge < -0.3 is 9.47 Å². The number of Topliss-reactive ketones (excluding diaryl/α,β-unsaturated/α-hetero) is 1. The van der Waals surface area contributed by atoms with Crippen LogP contribution in [0, 0.1) is 0 Å². The van der Waals surface area contributed by atoms with Gasteiger partial charge in [-0.3, -0.25) is 4.79 Å². The van der Waals surface area contributed by atoms with Gasteiger partial charge in [0.25, 0.3) is 0 Å². The molecule has 1 aliphatic rings. The molecule has 0 N–H and O–H groups in total. The standard InChI is InChI=1S/C9H8Br2O3S/c10-5-4-15-9(7(5)11)8(12)6-3-13-1-2-14-6/h4,6H,1-3H2. The molecule has 1 unspecified atom stereocenters. The monoisotopic (exact) mass is 354 g/mol. The molecule has 0 spiro atoms. The molecule has 1 aliphatic heterocycles. The smallest absolute Gasteiger partial charge is 0.205 e. The summed E-state index contributed by atoms with van der Waals surface area (Å²) < 4.78 is 12.3. The lowest BCUT2D eigenvalue weighted by Crippen LogP contribution is -2.35. The lowest BCUT2D eigenvalue weighted by molar-refractivity contribution is -0.0718. The Balaban J connectivity index is 2.16. The second-order valence-electron chi connectivity index (χ2n) is 3.03. The lowest BCUT2D eigenvalue weighted by atomic mass is 10.2. The molecular weight excluding hydrogens is 348 g/mol. The van der Waals surface area contributed by atoms with E-state index in [9.17, 15) is 4.79 Å². The van der Waals surface area contributed by atoms with Gasteiger partial charge in [0, 0.05) is 9.85 Å². The van der Waals surface area contributed by atoms with Gasteiger partial charge in [-0.05, 0) is 31.9 Å². The van der Waals surface area contributed by atoms with Gasteiger partial charge in [0.05, 0.1) is 29.2 Å². The second kappa shape index (κ2) is 5.05. The molecule has 0 amide bonds. The Hall–Kier alpha value is 0.250. The summed E-state index contributed by atoms with van der Waals surface area (Å²) in [6.45, 7) is 1.40. The van der Waals surface area contributed by atoms with Crippen molar-refractivity contribution in [1.29, 1.82) is 0 Å². The summed E-state index contributed by atoms with van der Waals surface area (Å²) in [5, 5.41) is 1.88. The Bertz CT molecular complexity index is 371. The van der Waals surface area contributed by atoms with Crippen molar-refractivity contribution in [1.82, 2.24) is 0 Å². The minimum atomic E-state index is -0.458. The SMILES string of the molecule is O=C(c1scc(Br)c1Br)C1COCCO1. The van der Waals surface area contributed by atoms with Gasteiger partial charge in [0.15, 0.2) is 0 Å². The number of halogens is 2. The summed E-state index contributed by atoms with van der Waals surface area (Å²) in [6, 6.07) is 0. The van der Waals surface area contributed by atoms with Crippen molar-refractivity contribution in [3.05, 3.63) is 19.2 Å². The van der Waals surface area contributed by atoms with E-state index in [1.165, 1.54) is 11.3 Å². The summed E-state index contributed by atoms with van der Waals surface area (Å²) in [5.41, 5.74) is 0. The third-order valence-corrected chi connectivity index (χ3v) is 5.56. The first-order chi connectivity index (χ1) is 7.20. The summed E-state index contributed by atoms with van der Waals surface area (Å²) >= 11 is 8.11. The van der Waals surface area contributed by atoms with Gasteiger partial charge in [-0.2, -0.15) is 0 Å². The highest BCUT2D eigenvalue weighted by molar-refractivity contribution is 9.13. The van der Waals surface area contributed by atoms with E-state index in [-0.39, 0.29) is 5.78 Å². The molecule has 1 saturated heterocycles. The molecule has 2 rings (SSSR count). The first-order valence-corrected chi connectivity index (χ1v) is 6.82. The van der Waals surface area contributed by atoms with Crippen LogP contribution in [0.15, 0.2) is 14.3 Å². The largest absolute Gasteiger partial charge is 0.376 e. The molecule has 82 valence electrons. The van der Waals surface area contributed by atoms with Crippen LogP contribution in [0.25, 0.3) is 0 Å². The predicted octanol–water partition coefficient (Wildman–Crippen LogP) is 2.87. The Labute approximate surface area is 108 Å². The zero-order valence-electron chi connectivity index (χ0n) is 7.66. The maximum absolute atomic E-state index is 12.0. The zero-order valence-corrected chi connectivity index (χ0v) is 11.7. The van der Waals surface area contributed by atoms with Crippen LogP contribution >= 0.6 is 43.2 Å². The molecule has 6 heteroatoms. The van der Waals surface area contributed by atoms with Crippen LogP contribution in [0.5, 0.6) is 0 Å². The number of thiophene rings is 1. The van der Waals surface area contributed by atoms with Crippen molar-refractivity contribution in [3.63, 3.8) is 0 Å². The van der Waals surface area contributed by atoms with Crippen LogP contribution in [-0.2, 0) is 9.47 Å². The highest BCUT2D eigenvalue weighted by atomic mass is 79.9. The number of carbonyl (C=O) groups is 1. The molecule has 1 atom stereocenters. The topological polar surface area (TPSA) is 35.5 Å². The molecule has 3 nitrogen and oxygen atoms in total. The molecule has 1 aromatic heterocycles. The Morgan fingerprint density at radius 3 is 2.80 bits per heavy atom. The number of hydrogen-bond donors (Lipinski definition) is 0. The van der Waals surface area contributed by atoms with Crippen LogP contribution in [-0.4, -0.2) is 31.7 Å². The van der Waals surface area contributed by atoms with Crippen molar-refractivity contribution in [2.45, 2.75) is 6.10 Å². The van der Waals surface area contributed by atoms with E-state index in [1.807, 2.05) is 5.38 Å². The van der Waals surface area contributed by atoms with Crippen LogP contribution in [0.2, 0.25) is 0 Å². The van der Waals surface area contributed by atoms with Gasteiger partial charge in [-0.1, -0.05) is 0 Å². The van der Waals surface area contributed by atoms with Crippen molar-refractivity contribution in [2.24, 2.45) is 0 Å². The molecule has 2 heterocycles. The fraction of sp³-hybridized carbons (Fsp3) is 0.444.